The van der Waals surface area contributed by atoms with E-state index in [2.05, 4.69) is 5.32 Å². The normalized spacial score (nSPS) is 11.3. The summed E-state index contributed by atoms with van der Waals surface area (Å²) in [5.74, 6) is -0.209. The van der Waals surface area contributed by atoms with Gasteiger partial charge in [-0.05, 0) is 29.8 Å². The van der Waals surface area contributed by atoms with Crippen molar-refractivity contribution < 1.29 is 17.9 Å². The second-order valence-electron chi connectivity index (χ2n) is 4.47. The van der Waals surface area contributed by atoms with Crippen molar-refractivity contribution in [2.45, 2.75) is 6.18 Å². The van der Waals surface area contributed by atoms with Crippen LogP contribution in [-0.2, 0) is 6.18 Å². The fraction of sp³-hybridized carbons (Fsp3) is 0.200. The third-order valence-electron chi connectivity index (χ3n) is 3.13. The van der Waals surface area contributed by atoms with E-state index in [0.717, 1.165) is 17.3 Å². The molecule has 0 saturated heterocycles. The molecule has 0 bridgehead atoms. The van der Waals surface area contributed by atoms with Gasteiger partial charge in [-0.3, -0.25) is 0 Å². The zero-order valence-electron chi connectivity index (χ0n) is 11.6. The molecule has 2 aromatic rings. The van der Waals surface area contributed by atoms with Gasteiger partial charge in [-0.25, -0.2) is 0 Å². The first-order valence-corrected chi connectivity index (χ1v) is 6.19. The number of alkyl halides is 3. The highest BCUT2D eigenvalue weighted by molar-refractivity contribution is 5.81. The lowest BCUT2D eigenvalue weighted by molar-refractivity contribution is -0.138. The summed E-state index contributed by atoms with van der Waals surface area (Å²) in [6.07, 6.45) is -4.45. The molecule has 0 aliphatic rings. The van der Waals surface area contributed by atoms with E-state index in [9.17, 15) is 13.2 Å². The van der Waals surface area contributed by atoms with Crippen molar-refractivity contribution in [1.82, 2.24) is 0 Å². The van der Waals surface area contributed by atoms with Crippen LogP contribution in [0.5, 0.6) is 5.75 Å². The van der Waals surface area contributed by atoms with Gasteiger partial charge in [0.15, 0.2) is 0 Å². The van der Waals surface area contributed by atoms with Crippen LogP contribution >= 0.6 is 0 Å². The Balaban J connectivity index is 2.56. The number of halogens is 3. The average Bonchev–Trinajstić information content (AvgIpc) is 2.45. The minimum absolute atomic E-state index is 0.209. The number of rotatable bonds is 3. The fourth-order valence-electron chi connectivity index (χ4n) is 2.11. The predicted octanol–water partition coefficient (Wildman–Crippen LogP) is 4.00. The first kappa shape index (κ1) is 15.0. The molecule has 112 valence electrons. The quantitative estimate of drug-likeness (QED) is 0.841. The molecule has 0 atom stereocenters. The van der Waals surface area contributed by atoms with Gasteiger partial charge in [0.1, 0.15) is 5.75 Å². The molecule has 21 heavy (non-hydrogen) atoms. The van der Waals surface area contributed by atoms with Gasteiger partial charge < -0.3 is 15.8 Å². The molecule has 0 aliphatic heterocycles. The van der Waals surface area contributed by atoms with E-state index in [0.29, 0.717) is 11.3 Å². The second-order valence-corrected chi connectivity index (χ2v) is 4.47. The van der Waals surface area contributed by atoms with E-state index in [-0.39, 0.29) is 5.75 Å². The minimum atomic E-state index is -4.45. The van der Waals surface area contributed by atoms with Crippen molar-refractivity contribution in [2.75, 3.05) is 25.2 Å². The van der Waals surface area contributed by atoms with Gasteiger partial charge in [-0.2, -0.15) is 13.2 Å². The third-order valence-corrected chi connectivity index (χ3v) is 3.13. The largest absolute Gasteiger partial charge is 0.496 e. The maximum Gasteiger partial charge on any atom is 0.419 e. The van der Waals surface area contributed by atoms with Crippen molar-refractivity contribution in [3.63, 3.8) is 0 Å². The molecule has 0 aliphatic carbocycles. The van der Waals surface area contributed by atoms with Crippen LogP contribution in [0.2, 0.25) is 0 Å². The number of anilines is 2. The topological polar surface area (TPSA) is 47.3 Å². The van der Waals surface area contributed by atoms with Gasteiger partial charge in [0, 0.05) is 24.0 Å². The number of methoxy groups -OCH3 is 1. The lowest BCUT2D eigenvalue weighted by Gasteiger charge is -2.15. The third kappa shape index (κ3) is 3.04. The molecule has 0 unspecified atom stereocenters. The van der Waals surface area contributed by atoms with Gasteiger partial charge in [-0.15, -0.1) is 0 Å². The summed E-state index contributed by atoms with van der Waals surface area (Å²) < 4.78 is 43.4. The monoisotopic (exact) mass is 296 g/mol. The van der Waals surface area contributed by atoms with Crippen LogP contribution in [0.15, 0.2) is 36.4 Å². The molecule has 2 aromatic carbocycles. The van der Waals surface area contributed by atoms with Crippen molar-refractivity contribution in [3.8, 4) is 16.9 Å². The standard InChI is InChI=1S/C15H15F3N2O/c1-20-13-8-10(19)4-5-11(13)9-3-6-12(15(16,17)18)14(7-9)21-2/h3-8,20H,19H2,1-2H3. The molecule has 0 saturated carbocycles. The molecule has 0 spiro atoms. The van der Waals surface area contributed by atoms with Crippen molar-refractivity contribution in [3.05, 3.63) is 42.0 Å². The fourth-order valence-corrected chi connectivity index (χ4v) is 2.11. The predicted molar refractivity (Wildman–Crippen MR) is 77.4 cm³/mol. The number of nitrogens with two attached hydrogens (primary N) is 1. The van der Waals surface area contributed by atoms with Gasteiger partial charge in [-0.1, -0.05) is 12.1 Å². The molecular weight excluding hydrogens is 281 g/mol. The summed E-state index contributed by atoms with van der Waals surface area (Å²) >= 11 is 0. The number of nitrogens with one attached hydrogen (secondary N) is 1. The Morgan fingerprint density at radius 1 is 1.10 bits per heavy atom. The molecular formula is C15H15F3N2O. The van der Waals surface area contributed by atoms with E-state index in [1.54, 1.807) is 25.2 Å². The number of nitrogen functional groups attached to an aromatic ring is 1. The summed E-state index contributed by atoms with van der Waals surface area (Å²) in [7, 11) is 2.94. The average molecular weight is 296 g/mol. The van der Waals surface area contributed by atoms with Crippen LogP contribution in [0.4, 0.5) is 24.5 Å². The summed E-state index contributed by atoms with van der Waals surface area (Å²) in [5.41, 5.74) is 7.58. The van der Waals surface area contributed by atoms with E-state index in [1.807, 2.05) is 0 Å². The Bertz CT molecular complexity index is 654. The zero-order valence-corrected chi connectivity index (χ0v) is 11.6. The Morgan fingerprint density at radius 3 is 2.38 bits per heavy atom. The molecule has 0 fully saturated rings. The number of ether oxygens (including phenoxy) is 1. The Kier molecular flexibility index (Phi) is 3.97. The molecule has 6 heteroatoms. The highest BCUT2D eigenvalue weighted by Gasteiger charge is 2.34. The van der Waals surface area contributed by atoms with Crippen LogP contribution in [-0.4, -0.2) is 14.2 Å². The number of hydrogen-bond acceptors (Lipinski definition) is 3. The minimum Gasteiger partial charge on any atom is -0.496 e. The smallest absolute Gasteiger partial charge is 0.419 e. The van der Waals surface area contributed by atoms with Gasteiger partial charge in [0.2, 0.25) is 0 Å². The van der Waals surface area contributed by atoms with E-state index >= 15 is 0 Å². The highest BCUT2D eigenvalue weighted by Crippen LogP contribution is 2.39. The summed E-state index contributed by atoms with van der Waals surface area (Å²) in [5, 5.41) is 2.97. The van der Waals surface area contributed by atoms with Crippen molar-refractivity contribution >= 4 is 11.4 Å². The molecule has 3 nitrogen and oxygen atoms in total. The number of benzene rings is 2. The molecule has 3 N–H and O–H groups in total. The van der Waals surface area contributed by atoms with Gasteiger partial charge in [0.25, 0.3) is 0 Å². The zero-order chi connectivity index (χ0) is 15.6. The van der Waals surface area contributed by atoms with Gasteiger partial charge >= 0.3 is 6.18 Å². The summed E-state index contributed by atoms with van der Waals surface area (Å²) in [6, 6.07) is 8.97. The van der Waals surface area contributed by atoms with Crippen molar-refractivity contribution in [1.29, 1.82) is 0 Å². The molecule has 0 amide bonds. The Morgan fingerprint density at radius 2 is 1.81 bits per heavy atom. The van der Waals surface area contributed by atoms with E-state index in [4.69, 9.17) is 10.5 Å². The Hall–Kier alpha value is -2.37. The van der Waals surface area contributed by atoms with Crippen LogP contribution in [0.25, 0.3) is 11.1 Å². The molecule has 0 heterocycles. The number of hydrogen-bond donors (Lipinski definition) is 2. The molecule has 2 rings (SSSR count). The molecule has 0 radical (unpaired) electrons. The van der Waals surface area contributed by atoms with E-state index in [1.165, 1.54) is 19.2 Å². The SMILES string of the molecule is CNc1cc(N)ccc1-c1ccc(C(F)(F)F)c(OC)c1. The van der Waals surface area contributed by atoms with Crippen LogP contribution in [0.3, 0.4) is 0 Å². The summed E-state index contributed by atoms with van der Waals surface area (Å²) in [6.45, 7) is 0. The second kappa shape index (κ2) is 5.55. The Labute approximate surface area is 120 Å². The van der Waals surface area contributed by atoms with Crippen LogP contribution in [0.1, 0.15) is 5.56 Å². The highest BCUT2D eigenvalue weighted by atomic mass is 19.4. The lowest BCUT2D eigenvalue weighted by Crippen LogP contribution is -2.07. The van der Waals surface area contributed by atoms with Crippen LogP contribution in [0, 0.1) is 0 Å². The van der Waals surface area contributed by atoms with E-state index < -0.39 is 11.7 Å². The van der Waals surface area contributed by atoms with Crippen LogP contribution < -0.4 is 15.8 Å². The maximum absolute atomic E-state index is 12.9. The van der Waals surface area contributed by atoms with Gasteiger partial charge in [0.05, 0.1) is 12.7 Å². The first-order valence-electron chi connectivity index (χ1n) is 6.19. The first-order chi connectivity index (χ1) is 9.86. The molecule has 0 aromatic heterocycles. The van der Waals surface area contributed by atoms with Crippen molar-refractivity contribution in [2.24, 2.45) is 0 Å². The maximum atomic E-state index is 12.9. The lowest BCUT2D eigenvalue weighted by atomic mass is 10.0. The summed E-state index contributed by atoms with van der Waals surface area (Å²) in [4.78, 5) is 0.